The van der Waals surface area contributed by atoms with E-state index in [4.69, 9.17) is 10.5 Å². The number of pyridine rings is 1. The van der Waals surface area contributed by atoms with Crippen LogP contribution in [0.25, 0.3) is 0 Å². The van der Waals surface area contributed by atoms with Crippen LogP contribution < -0.4 is 16.4 Å². The van der Waals surface area contributed by atoms with Gasteiger partial charge in [0.15, 0.2) is 0 Å². The predicted molar refractivity (Wildman–Crippen MR) is 124 cm³/mol. The Morgan fingerprint density at radius 2 is 2.00 bits per heavy atom. The molecule has 0 aromatic carbocycles. The number of aromatic nitrogens is 1. The van der Waals surface area contributed by atoms with Crippen LogP contribution in [0.3, 0.4) is 0 Å². The number of carbonyl (C=O) groups excluding carboxylic acids is 2. The van der Waals surface area contributed by atoms with Crippen molar-refractivity contribution < 1.29 is 14.3 Å². The average molecular weight is 449 g/mol. The first-order valence-corrected chi connectivity index (χ1v) is 11.1. The van der Waals surface area contributed by atoms with E-state index in [1.165, 1.54) is 11.3 Å². The van der Waals surface area contributed by atoms with Gasteiger partial charge in [-0.15, -0.1) is 11.3 Å². The summed E-state index contributed by atoms with van der Waals surface area (Å²) < 4.78 is 5.47. The van der Waals surface area contributed by atoms with E-state index >= 15 is 0 Å². The summed E-state index contributed by atoms with van der Waals surface area (Å²) in [5.41, 5.74) is 8.02. The minimum atomic E-state index is -0.330. The molecule has 2 aromatic heterocycles. The van der Waals surface area contributed by atoms with E-state index < -0.39 is 0 Å². The van der Waals surface area contributed by atoms with Crippen molar-refractivity contribution in [1.82, 2.24) is 20.1 Å². The third-order valence-electron chi connectivity index (χ3n) is 4.30. The smallest absolute Gasteiger partial charge is 0.317 e. The summed E-state index contributed by atoms with van der Waals surface area (Å²) in [6.07, 6.45) is 1.74. The highest BCUT2D eigenvalue weighted by atomic mass is 32.1. The number of hydrogen-bond acceptors (Lipinski definition) is 7. The molecule has 0 fully saturated rings. The van der Waals surface area contributed by atoms with E-state index in [-0.39, 0.29) is 23.7 Å². The highest BCUT2D eigenvalue weighted by molar-refractivity contribution is 7.09. The molecule has 9 nitrogen and oxygen atoms in total. The molecule has 31 heavy (non-hydrogen) atoms. The standard InChI is InChI=1S/C21H32N6O3S/c1-15(2)30-10-7-23-21(29)27(9-8-26(3)4)12-16-5-6-18(24-11-16)20(28)25-19-14-31-13-17(19)22/h5-6,11,13-15H,7-10,12,22H2,1-4H3,(H,23,29)(H,25,28). The first-order valence-electron chi connectivity index (χ1n) is 10.1. The fraction of sp³-hybridized carbons (Fsp3) is 0.476. The molecule has 2 heterocycles. The van der Waals surface area contributed by atoms with Gasteiger partial charge in [-0.3, -0.25) is 9.78 Å². The zero-order valence-corrected chi connectivity index (χ0v) is 19.4. The van der Waals surface area contributed by atoms with Crippen LogP contribution in [-0.2, 0) is 11.3 Å². The van der Waals surface area contributed by atoms with E-state index in [1.807, 2.05) is 32.8 Å². The molecular weight excluding hydrogens is 416 g/mol. The Kier molecular flexibility index (Phi) is 9.70. The molecule has 10 heteroatoms. The third kappa shape index (κ3) is 8.52. The SMILES string of the molecule is CC(C)OCCNC(=O)N(CCN(C)C)Cc1ccc(C(=O)Nc2cscc2N)nc1. The van der Waals surface area contributed by atoms with Crippen molar-refractivity contribution in [1.29, 1.82) is 0 Å². The van der Waals surface area contributed by atoms with Crippen molar-refractivity contribution in [3.8, 4) is 0 Å². The monoisotopic (exact) mass is 448 g/mol. The maximum absolute atomic E-state index is 12.6. The number of carbonyl (C=O) groups is 2. The van der Waals surface area contributed by atoms with Crippen LogP contribution in [0.4, 0.5) is 16.2 Å². The zero-order valence-electron chi connectivity index (χ0n) is 18.6. The number of nitrogen functional groups attached to an aromatic ring is 1. The maximum Gasteiger partial charge on any atom is 0.317 e. The second kappa shape index (κ2) is 12.2. The molecule has 0 atom stereocenters. The number of hydrogen-bond donors (Lipinski definition) is 3. The quantitative estimate of drug-likeness (QED) is 0.455. The lowest BCUT2D eigenvalue weighted by atomic mass is 10.2. The van der Waals surface area contributed by atoms with Gasteiger partial charge in [0.1, 0.15) is 5.69 Å². The molecule has 0 aliphatic rings. The van der Waals surface area contributed by atoms with Crippen LogP contribution in [-0.4, -0.2) is 73.2 Å². The Labute approximate surface area is 187 Å². The Morgan fingerprint density at radius 1 is 1.23 bits per heavy atom. The molecule has 0 radical (unpaired) electrons. The van der Waals surface area contributed by atoms with Gasteiger partial charge in [-0.1, -0.05) is 6.07 Å². The minimum absolute atomic E-state index is 0.125. The summed E-state index contributed by atoms with van der Waals surface area (Å²) in [7, 11) is 3.92. The molecule has 0 bridgehead atoms. The molecular formula is C21H32N6O3S. The normalized spacial score (nSPS) is 11.0. The first kappa shape index (κ1) is 24.6. The van der Waals surface area contributed by atoms with Gasteiger partial charge in [-0.05, 0) is 39.6 Å². The Balaban J connectivity index is 1.96. The number of anilines is 2. The van der Waals surface area contributed by atoms with Gasteiger partial charge in [0.05, 0.1) is 24.1 Å². The average Bonchev–Trinajstić information content (AvgIpc) is 3.12. The predicted octanol–water partition coefficient (Wildman–Crippen LogP) is 2.48. The Morgan fingerprint density at radius 3 is 2.58 bits per heavy atom. The van der Waals surface area contributed by atoms with E-state index in [9.17, 15) is 9.59 Å². The summed E-state index contributed by atoms with van der Waals surface area (Å²) in [6.45, 7) is 6.49. The number of thiophene rings is 1. The summed E-state index contributed by atoms with van der Waals surface area (Å²) in [5, 5.41) is 9.17. The molecule has 0 unspecified atom stereocenters. The van der Waals surface area contributed by atoms with Crippen LogP contribution >= 0.6 is 11.3 Å². The molecule has 0 saturated heterocycles. The maximum atomic E-state index is 12.6. The lowest BCUT2D eigenvalue weighted by Crippen LogP contribution is -2.43. The van der Waals surface area contributed by atoms with Crippen LogP contribution in [0, 0.1) is 0 Å². The third-order valence-corrected chi connectivity index (χ3v) is 5.07. The van der Waals surface area contributed by atoms with Crippen molar-refractivity contribution in [2.24, 2.45) is 0 Å². The van der Waals surface area contributed by atoms with E-state index in [2.05, 4.69) is 15.6 Å². The number of amides is 3. The van der Waals surface area contributed by atoms with Crippen molar-refractivity contribution in [2.45, 2.75) is 26.5 Å². The number of likely N-dealkylation sites (N-methyl/N-ethyl adjacent to an activating group) is 1. The number of rotatable bonds is 11. The summed E-state index contributed by atoms with van der Waals surface area (Å²) in [6, 6.07) is 3.28. The second-order valence-corrected chi connectivity index (χ2v) is 8.37. The minimum Gasteiger partial charge on any atom is -0.396 e. The van der Waals surface area contributed by atoms with Crippen LogP contribution in [0.1, 0.15) is 29.9 Å². The van der Waals surface area contributed by atoms with Crippen molar-refractivity contribution in [3.05, 3.63) is 40.3 Å². The number of ether oxygens (including phenoxy) is 1. The molecule has 3 amide bonds. The largest absolute Gasteiger partial charge is 0.396 e. The van der Waals surface area contributed by atoms with Gasteiger partial charge < -0.3 is 30.9 Å². The lowest BCUT2D eigenvalue weighted by Gasteiger charge is -2.25. The van der Waals surface area contributed by atoms with E-state index in [0.29, 0.717) is 37.6 Å². The number of nitrogens with two attached hydrogens (primary N) is 1. The Hall–Kier alpha value is -2.69. The van der Waals surface area contributed by atoms with Crippen LogP contribution in [0.5, 0.6) is 0 Å². The number of urea groups is 1. The number of nitrogens with one attached hydrogen (secondary N) is 2. The lowest BCUT2D eigenvalue weighted by molar-refractivity contribution is 0.0805. The fourth-order valence-electron chi connectivity index (χ4n) is 2.61. The fourth-order valence-corrected chi connectivity index (χ4v) is 3.28. The van der Waals surface area contributed by atoms with Crippen molar-refractivity contribution in [2.75, 3.05) is 51.4 Å². The van der Waals surface area contributed by atoms with Gasteiger partial charge in [0.25, 0.3) is 5.91 Å². The van der Waals surface area contributed by atoms with E-state index in [0.717, 1.165) is 12.1 Å². The number of nitrogens with zero attached hydrogens (tertiary/aromatic N) is 3. The van der Waals surface area contributed by atoms with Crippen LogP contribution in [0.15, 0.2) is 29.1 Å². The van der Waals surface area contributed by atoms with Gasteiger partial charge >= 0.3 is 6.03 Å². The van der Waals surface area contributed by atoms with Gasteiger partial charge in [-0.25, -0.2) is 4.79 Å². The molecule has 0 spiro atoms. The van der Waals surface area contributed by atoms with Gasteiger partial charge in [-0.2, -0.15) is 0 Å². The molecule has 0 saturated carbocycles. The molecule has 170 valence electrons. The van der Waals surface area contributed by atoms with Gasteiger partial charge in [0.2, 0.25) is 0 Å². The summed E-state index contributed by atoms with van der Waals surface area (Å²) in [5.74, 6) is -0.330. The van der Waals surface area contributed by atoms with Crippen molar-refractivity contribution in [3.63, 3.8) is 0 Å². The Bertz CT molecular complexity index is 838. The summed E-state index contributed by atoms with van der Waals surface area (Å²) in [4.78, 5) is 33.0. The molecule has 0 aliphatic heterocycles. The van der Waals surface area contributed by atoms with Gasteiger partial charge in [0, 0.05) is 43.1 Å². The highest BCUT2D eigenvalue weighted by Gasteiger charge is 2.15. The highest BCUT2D eigenvalue weighted by Crippen LogP contribution is 2.23. The van der Waals surface area contributed by atoms with Crippen molar-refractivity contribution >= 4 is 34.6 Å². The topological polar surface area (TPSA) is 113 Å². The first-order chi connectivity index (χ1) is 14.8. The molecule has 2 aromatic rings. The zero-order chi connectivity index (χ0) is 22.8. The summed E-state index contributed by atoms with van der Waals surface area (Å²) >= 11 is 1.42. The van der Waals surface area contributed by atoms with Crippen LogP contribution in [0.2, 0.25) is 0 Å². The molecule has 2 rings (SSSR count). The second-order valence-electron chi connectivity index (χ2n) is 7.62. The molecule has 0 aliphatic carbocycles. The van der Waals surface area contributed by atoms with E-state index in [1.54, 1.807) is 34.0 Å². The molecule has 4 N–H and O–H groups in total.